The molecule has 1 saturated heterocycles. The van der Waals surface area contributed by atoms with Gasteiger partial charge in [0.1, 0.15) is 0 Å². The van der Waals surface area contributed by atoms with E-state index in [9.17, 15) is 9.59 Å². The molecule has 2 aliphatic rings. The van der Waals surface area contributed by atoms with Crippen molar-refractivity contribution < 1.29 is 0 Å². The van der Waals surface area contributed by atoms with Crippen molar-refractivity contribution in [2.75, 3.05) is 31.1 Å². The molecule has 1 aromatic carbocycles. The van der Waals surface area contributed by atoms with Crippen molar-refractivity contribution in [3.8, 4) is 0 Å². The molecule has 1 aliphatic carbocycles. The van der Waals surface area contributed by atoms with Crippen LogP contribution in [-0.4, -0.2) is 44.9 Å². The van der Waals surface area contributed by atoms with Crippen LogP contribution < -0.4 is 21.5 Å². The lowest BCUT2D eigenvalue weighted by atomic mass is 9.89. The quantitative estimate of drug-likeness (QED) is 0.661. The summed E-state index contributed by atoms with van der Waals surface area (Å²) in [4.78, 5) is 34.0. The number of aryl methyl sites for hydroxylation is 1. The molecule has 2 fully saturated rings. The largest absolute Gasteiger partial charge is 0.340 e. The molecule has 8 nitrogen and oxygen atoms in total. The molecule has 0 amide bonds. The Morgan fingerprint density at radius 3 is 2.44 bits per heavy atom. The van der Waals surface area contributed by atoms with Crippen molar-refractivity contribution in [2.24, 2.45) is 13.0 Å². The minimum absolute atomic E-state index is 0.210. The van der Waals surface area contributed by atoms with Gasteiger partial charge in [0, 0.05) is 39.8 Å². The number of hydrogen-bond donors (Lipinski definition) is 1. The molecule has 0 radical (unpaired) electrons. The van der Waals surface area contributed by atoms with Gasteiger partial charge in [-0.05, 0) is 24.3 Å². The fraction of sp³-hybridized carbons (Fsp3) is 0.542. The first-order valence-electron chi connectivity index (χ1n) is 11.8. The average Bonchev–Trinajstić information content (AvgIpc) is 3.22. The van der Waals surface area contributed by atoms with E-state index in [1.165, 1.54) is 23.8 Å². The Morgan fingerprint density at radius 2 is 1.72 bits per heavy atom. The SMILES string of the molecule is Cn1c(=O)n(CC2CCCCC2)c(=O)c2c1nc(N1CCNCC1)n2Cc1ccccc1. The number of piperazine rings is 1. The third-order valence-corrected chi connectivity index (χ3v) is 6.96. The molecular weight excluding hydrogens is 404 g/mol. The normalized spacial score (nSPS) is 17.8. The summed E-state index contributed by atoms with van der Waals surface area (Å²) in [5.41, 5.74) is 1.64. The van der Waals surface area contributed by atoms with Gasteiger partial charge in [0.25, 0.3) is 5.56 Å². The van der Waals surface area contributed by atoms with Crippen LogP contribution in [0.15, 0.2) is 39.9 Å². The second-order valence-electron chi connectivity index (χ2n) is 9.15. The molecule has 0 bridgehead atoms. The van der Waals surface area contributed by atoms with E-state index in [1.807, 2.05) is 22.8 Å². The molecule has 2 aromatic heterocycles. The van der Waals surface area contributed by atoms with E-state index in [0.29, 0.717) is 30.2 Å². The van der Waals surface area contributed by atoms with Crippen LogP contribution >= 0.6 is 0 Å². The Labute approximate surface area is 187 Å². The van der Waals surface area contributed by atoms with Crippen LogP contribution in [-0.2, 0) is 20.1 Å². The molecule has 8 heteroatoms. The number of imidazole rings is 1. The van der Waals surface area contributed by atoms with E-state index < -0.39 is 0 Å². The van der Waals surface area contributed by atoms with Crippen molar-refractivity contribution in [3.63, 3.8) is 0 Å². The number of nitrogens with one attached hydrogen (secondary N) is 1. The zero-order valence-electron chi connectivity index (χ0n) is 18.8. The van der Waals surface area contributed by atoms with Crippen LogP contribution in [0.25, 0.3) is 11.2 Å². The van der Waals surface area contributed by atoms with Crippen molar-refractivity contribution >= 4 is 17.1 Å². The zero-order valence-corrected chi connectivity index (χ0v) is 18.8. The minimum Gasteiger partial charge on any atom is -0.340 e. The summed E-state index contributed by atoms with van der Waals surface area (Å²) >= 11 is 0. The molecule has 32 heavy (non-hydrogen) atoms. The van der Waals surface area contributed by atoms with Gasteiger partial charge in [-0.15, -0.1) is 0 Å². The lowest BCUT2D eigenvalue weighted by Gasteiger charge is -2.28. The summed E-state index contributed by atoms with van der Waals surface area (Å²) in [6.07, 6.45) is 5.79. The highest BCUT2D eigenvalue weighted by Gasteiger charge is 2.25. The number of benzene rings is 1. The first-order valence-corrected chi connectivity index (χ1v) is 11.8. The van der Waals surface area contributed by atoms with Crippen molar-refractivity contribution in [2.45, 2.75) is 45.2 Å². The molecule has 1 aliphatic heterocycles. The molecule has 170 valence electrons. The lowest BCUT2D eigenvalue weighted by Crippen LogP contribution is -2.44. The second kappa shape index (κ2) is 8.94. The molecule has 3 aromatic rings. The average molecular weight is 437 g/mol. The fourth-order valence-corrected chi connectivity index (χ4v) is 5.17. The van der Waals surface area contributed by atoms with E-state index in [-0.39, 0.29) is 11.2 Å². The number of hydrogen-bond acceptors (Lipinski definition) is 5. The predicted octanol–water partition coefficient (Wildman–Crippen LogP) is 1.93. The monoisotopic (exact) mass is 436 g/mol. The highest BCUT2D eigenvalue weighted by Crippen LogP contribution is 2.25. The van der Waals surface area contributed by atoms with E-state index in [2.05, 4.69) is 22.3 Å². The van der Waals surface area contributed by atoms with E-state index in [0.717, 1.165) is 50.5 Å². The lowest BCUT2D eigenvalue weighted by molar-refractivity contribution is 0.310. The van der Waals surface area contributed by atoms with Crippen LogP contribution in [0.5, 0.6) is 0 Å². The van der Waals surface area contributed by atoms with Crippen LogP contribution in [0.2, 0.25) is 0 Å². The van der Waals surface area contributed by atoms with Gasteiger partial charge in [0.05, 0.1) is 6.54 Å². The minimum atomic E-state index is -0.260. The Kier molecular flexibility index (Phi) is 5.87. The van der Waals surface area contributed by atoms with Gasteiger partial charge in [-0.25, -0.2) is 4.79 Å². The maximum absolute atomic E-state index is 13.7. The van der Waals surface area contributed by atoms with E-state index in [1.54, 1.807) is 11.6 Å². The second-order valence-corrected chi connectivity index (χ2v) is 9.15. The highest BCUT2D eigenvalue weighted by molar-refractivity contribution is 5.75. The van der Waals surface area contributed by atoms with Crippen LogP contribution in [0, 0.1) is 5.92 Å². The van der Waals surface area contributed by atoms with Gasteiger partial charge in [0.15, 0.2) is 11.2 Å². The Balaban J connectivity index is 1.67. The van der Waals surface area contributed by atoms with Crippen LogP contribution in [0.1, 0.15) is 37.7 Å². The first-order chi connectivity index (χ1) is 15.6. The molecule has 1 saturated carbocycles. The summed E-state index contributed by atoms with van der Waals surface area (Å²) in [6, 6.07) is 10.1. The number of anilines is 1. The number of fused-ring (bicyclic) bond motifs is 1. The molecule has 5 rings (SSSR count). The maximum atomic E-state index is 13.7. The van der Waals surface area contributed by atoms with Gasteiger partial charge >= 0.3 is 5.69 Å². The molecule has 0 spiro atoms. The third kappa shape index (κ3) is 3.88. The molecule has 0 unspecified atom stereocenters. The summed E-state index contributed by atoms with van der Waals surface area (Å²) in [6.45, 7) is 4.44. The summed E-state index contributed by atoms with van der Waals surface area (Å²) in [5.74, 6) is 1.16. The maximum Gasteiger partial charge on any atom is 0.332 e. The highest BCUT2D eigenvalue weighted by atomic mass is 16.2. The summed E-state index contributed by atoms with van der Waals surface area (Å²) in [5, 5.41) is 3.37. The van der Waals surface area contributed by atoms with Gasteiger partial charge in [-0.3, -0.25) is 18.5 Å². The Bertz CT molecular complexity index is 1200. The smallest absolute Gasteiger partial charge is 0.332 e. The van der Waals surface area contributed by atoms with Crippen molar-refractivity contribution in [1.29, 1.82) is 0 Å². The first kappa shape index (κ1) is 21.0. The van der Waals surface area contributed by atoms with Gasteiger partial charge in [0.2, 0.25) is 5.95 Å². The van der Waals surface area contributed by atoms with E-state index >= 15 is 0 Å². The Hall–Kier alpha value is -2.87. The fourth-order valence-electron chi connectivity index (χ4n) is 5.17. The predicted molar refractivity (Wildman–Crippen MR) is 126 cm³/mol. The van der Waals surface area contributed by atoms with Gasteiger partial charge in [-0.1, -0.05) is 49.6 Å². The molecular formula is C24H32N6O2. The zero-order chi connectivity index (χ0) is 22.1. The summed E-state index contributed by atoms with van der Waals surface area (Å²) in [7, 11) is 1.74. The number of rotatable bonds is 5. The van der Waals surface area contributed by atoms with Gasteiger partial charge < -0.3 is 10.2 Å². The Morgan fingerprint density at radius 1 is 1.00 bits per heavy atom. The van der Waals surface area contributed by atoms with Gasteiger partial charge in [-0.2, -0.15) is 4.98 Å². The van der Waals surface area contributed by atoms with Crippen molar-refractivity contribution in [1.82, 2.24) is 24.0 Å². The molecule has 1 N–H and O–H groups in total. The van der Waals surface area contributed by atoms with Crippen LogP contribution in [0.4, 0.5) is 5.95 Å². The third-order valence-electron chi connectivity index (χ3n) is 6.96. The number of aromatic nitrogens is 4. The summed E-state index contributed by atoms with van der Waals surface area (Å²) < 4.78 is 5.05. The standard InChI is InChI=1S/C24H32N6O2/c1-27-21-20(22(31)30(24(27)32)17-19-10-6-3-7-11-19)29(16-18-8-4-2-5-9-18)23(26-21)28-14-12-25-13-15-28/h2,4-5,8-9,19,25H,3,6-7,10-17H2,1H3. The topological polar surface area (TPSA) is 77.1 Å². The van der Waals surface area contributed by atoms with Crippen molar-refractivity contribution in [3.05, 3.63) is 56.7 Å². The van der Waals surface area contributed by atoms with Crippen LogP contribution in [0.3, 0.4) is 0 Å². The molecule has 0 atom stereocenters. The number of nitrogens with zero attached hydrogens (tertiary/aromatic N) is 5. The molecule has 3 heterocycles. The van der Waals surface area contributed by atoms with E-state index in [4.69, 9.17) is 4.98 Å².